The van der Waals surface area contributed by atoms with Gasteiger partial charge in [-0.25, -0.2) is 24.1 Å². The highest BCUT2D eigenvalue weighted by Crippen LogP contribution is 2.41. The number of carbonyl (C=O) groups is 1. The van der Waals surface area contributed by atoms with Crippen molar-refractivity contribution in [1.82, 2.24) is 20.3 Å². The summed E-state index contributed by atoms with van der Waals surface area (Å²) in [5.74, 6) is -0.611. The molecule has 0 spiro atoms. The monoisotopic (exact) mass is 407 g/mol. The van der Waals surface area contributed by atoms with Gasteiger partial charge in [-0.3, -0.25) is 0 Å². The average molecular weight is 408 g/mol. The number of rotatable bonds is 4. The molecule has 3 rings (SSSR count). The van der Waals surface area contributed by atoms with Gasteiger partial charge in [-0.2, -0.15) is 0 Å². The van der Waals surface area contributed by atoms with Crippen LogP contribution < -0.4 is 11.1 Å². The number of nitrogen functional groups attached to an aromatic ring is 1. The Hall–Kier alpha value is -2.78. The smallest absolute Gasteiger partial charge is 0.405 e. The molecule has 0 fully saturated rings. The fourth-order valence-electron chi connectivity index (χ4n) is 2.46. The first kappa shape index (κ1) is 19.0. The van der Waals surface area contributed by atoms with E-state index in [1.807, 2.05) is 0 Å². The molecule has 0 aliphatic rings. The molecule has 1 amide bonds. The predicted octanol–water partition coefficient (Wildman–Crippen LogP) is 4.14. The van der Waals surface area contributed by atoms with E-state index >= 15 is 0 Å². The predicted molar refractivity (Wildman–Crippen MR) is 102 cm³/mol. The number of nitrogens with two attached hydrogens (primary N) is 1. The first-order valence-electron chi connectivity index (χ1n) is 7.74. The minimum atomic E-state index is -1.20. The topological polar surface area (TPSA) is 114 Å². The number of nitrogens with one attached hydrogen (secondary N) is 1. The van der Waals surface area contributed by atoms with Gasteiger partial charge in [0, 0.05) is 11.8 Å². The zero-order valence-corrected chi connectivity index (χ0v) is 15.9. The lowest BCUT2D eigenvalue weighted by Crippen LogP contribution is -2.39. The van der Waals surface area contributed by atoms with Crippen LogP contribution in [0.2, 0.25) is 5.28 Å². The van der Waals surface area contributed by atoms with Gasteiger partial charge in [-0.15, -0.1) is 11.3 Å². The Morgan fingerprint density at radius 2 is 2.07 bits per heavy atom. The third-order valence-electron chi connectivity index (χ3n) is 3.72. The number of halogens is 2. The largest absolute Gasteiger partial charge is 0.465 e. The molecule has 0 aliphatic carbocycles. The minimum Gasteiger partial charge on any atom is -0.465 e. The number of hydrogen-bond acceptors (Lipinski definition) is 6. The van der Waals surface area contributed by atoms with Crippen molar-refractivity contribution in [1.29, 1.82) is 0 Å². The summed E-state index contributed by atoms with van der Waals surface area (Å²) in [4.78, 5) is 24.2. The van der Waals surface area contributed by atoms with E-state index in [2.05, 4.69) is 20.3 Å². The van der Waals surface area contributed by atoms with Crippen LogP contribution in [0.25, 0.3) is 21.8 Å². The molecule has 2 heterocycles. The molecule has 4 N–H and O–H groups in total. The summed E-state index contributed by atoms with van der Waals surface area (Å²) in [6, 6.07) is 6.23. The van der Waals surface area contributed by atoms with Gasteiger partial charge in [-0.1, -0.05) is 6.07 Å². The minimum absolute atomic E-state index is 0.0170. The zero-order chi connectivity index (χ0) is 19.8. The maximum Gasteiger partial charge on any atom is 0.405 e. The second-order valence-corrected chi connectivity index (χ2v) is 7.51. The van der Waals surface area contributed by atoms with Crippen LogP contribution in [0, 0.1) is 5.82 Å². The molecule has 0 saturated carbocycles. The van der Waals surface area contributed by atoms with Gasteiger partial charge in [0.2, 0.25) is 5.28 Å². The third kappa shape index (κ3) is 3.83. The second kappa shape index (κ2) is 7.09. The molecule has 27 heavy (non-hydrogen) atoms. The Balaban J connectivity index is 2.24. The average Bonchev–Trinajstić information content (AvgIpc) is 3.02. The van der Waals surface area contributed by atoms with Crippen molar-refractivity contribution in [3.8, 4) is 21.8 Å². The zero-order valence-electron chi connectivity index (χ0n) is 14.3. The Kier molecular flexibility index (Phi) is 4.99. The normalized spacial score (nSPS) is 11.4. The van der Waals surface area contributed by atoms with Crippen LogP contribution >= 0.6 is 22.9 Å². The molecule has 1 aromatic carbocycles. The van der Waals surface area contributed by atoms with E-state index in [9.17, 15) is 9.18 Å². The number of amides is 1. The van der Waals surface area contributed by atoms with Gasteiger partial charge in [0.15, 0.2) is 5.82 Å². The van der Waals surface area contributed by atoms with Gasteiger partial charge in [-0.05, 0) is 43.6 Å². The molecular formula is C17H15ClFN5O2S. The number of anilines is 1. The Labute approximate surface area is 163 Å². The van der Waals surface area contributed by atoms with Gasteiger partial charge in [0.25, 0.3) is 0 Å². The number of benzene rings is 1. The van der Waals surface area contributed by atoms with Crippen molar-refractivity contribution < 1.29 is 14.3 Å². The van der Waals surface area contributed by atoms with Crippen molar-refractivity contribution in [2.75, 3.05) is 5.73 Å². The highest BCUT2D eigenvalue weighted by molar-refractivity contribution is 7.15. The SMILES string of the molecule is CC(C)(NC(=O)O)c1nc(-c2cccc(N)c2F)c(-c2ccnc(Cl)n2)s1. The number of thiazole rings is 1. The first-order chi connectivity index (χ1) is 12.7. The molecule has 7 nitrogen and oxygen atoms in total. The summed E-state index contributed by atoms with van der Waals surface area (Å²) in [6.07, 6.45) is 0.281. The number of nitrogens with zero attached hydrogens (tertiary/aromatic N) is 3. The van der Waals surface area contributed by atoms with Crippen LogP contribution in [0.1, 0.15) is 18.9 Å². The van der Waals surface area contributed by atoms with E-state index in [1.165, 1.54) is 23.6 Å². The number of hydrogen-bond donors (Lipinski definition) is 3. The molecule has 0 aliphatic heterocycles. The summed E-state index contributed by atoms with van der Waals surface area (Å²) in [7, 11) is 0. The van der Waals surface area contributed by atoms with Crippen molar-refractivity contribution in [3.05, 3.63) is 46.6 Å². The maximum absolute atomic E-state index is 14.6. The molecule has 140 valence electrons. The molecule has 3 aromatic rings. The van der Waals surface area contributed by atoms with Crippen LogP contribution in [0.15, 0.2) is 30.5 Å². The highest BCUT2D eigenvalue weighted by Gasteiger charge is 2.30. The quantitative estimate of drug-likeness (QED) is 0.442. The van der Waals surface area contributed by atoms with Crippen molar-refractivity contribution in [3.63, 3.8) is 0 Å². The molecular weight excluding hydrogens is 393 g/mol. The van der Waals surface area contributed by atoms with E-state index in [-0.39, 0.29) is 16.5 Å². The van der Waals surface area contributed by atoms with E-state index < -0.39 is 17.4 Å². The van der Waals surface area contributed by atoms with Crippen LogP contribution in [-0.2, 0) is 5.54 Å². The summed E-state index contributed by atoms with van der Waals surface area (Å²) < 4.78 is 14.6. The first-order valence-corrected chi connectivity index (χ1v) is 8.94. The van der Waals surface area contributed by atoms with Gasteiger partial charge >= 0.3 is 6.09 Å². The molecule has 0 radical (unpaired) electrons. The summed E-state index contributed by atoms with van der Waals surface area (Å²) in [6.45, 7) is 3.33. The maximum atomic E-state index is 14.6. The van der Waals surface area contributed by atoms with Gasteiger partial charge < -0.3 is 16.2 Å². The molecule has 10 heteroatoms. The third-order valence-corrected chi connectivity index (χ3v) is 5.31. The Morgan fingerprint density at radius 1 is 1.33 bits per heavy atom. The van der Waals surface area contributed by atoms with Crippen LogP contribution in [0.5, 0.6) is 0 Å². The lowest BCUT2D eigenvalue weighted by Gasteiger charge is -2.21. The summed E-state index contributed by atoms with van der Waals surface area (Å²) in [5.41, 5.74) is 5.61. The van der Waals surface area contributed by atoms with E-state index in [1.54, 1.807) is 32.0 Å². The van der Waals surface area contributed by atoms with Gasteiger partial charge in [0.05, 0.1) is 27.5 Å². The van der Waals surface area contributed by atoms with Crippen LogP contribution in [-0.4, -0.2) is 26.2 Å². The van der Waals surface area contributed by atoms with Gasteiger partial charge in [0.1, 0.15) is 5.01 Å². The highest BCUT2D eigenvalue weighted by atomic mass is 35.5. The van der Waals surface area contributed by atoms with E-state index in [0.29, 0.717) is 21.3 Å². The fourth-order valence-corrected chi connectivity index (χ4v) is 3.71. The molecule has 0 saturated heterocycles. The number of carboxylic acid groups (broad SMARTS) is 1. The molecule has 0 unspecified atom stereocenters. The lowest BCUT2D eigenvalue weighted by molar-refractivity contribution is 0.182. The van der Waals surface area contributed by atoms with Crippen molar-refractivity contribution in [2.45, 2.75) is 19.4 Å². The molecule has 0 bridgehead atoms. The summed E-state index contributed by atoms with van der Waals surface area (Å²) >= 11 is 7.08. The lowest BCUT2D eigenvalue weighted by atomic mass is 10.1. The standard InChI is InChI=1S/C17H15ClFN5O2S/c1-17(2,24-16(25)26)14-23-12(8-4-3-5-9(20)11(8)19)13(27-14)10-6-7-21-15(18)22-10/h3-7,24H,20H2,1-2H3,(H,25,26). The fraction of sp³-hybridized carbons (Fsp3) is 0.176. The van der Waals surface area contributed by atoms with E-state index in [4.69, 9.17) is 22.4 Å². The van der Waals surface area contributed by atoms with Crippen molar-refractivity contribution >= 4 is 34.7 Å². The van der Waals surface area contributed by atoms with Crippen LogP contribution in [0.3, 0.4) is 0 Å². The van der Waals surface area contributed by atoms with Crippen LogP contribution in [0.4, 0.5) is 14.9 Å². The Morgan fingerprint density at radius 3 is 2.74 bits per heavy atom. The van der Waals surface area contributed by atoms with Crippen molar-refractivity contribution in [2.24, 2.45) is 0 Å². The van der Waals surface area contributed by atoms with E-state index in [0.717, 1.165) is 0 Å². The second-order valence-electron chi connectivity index (χ2n) is 6.17. The number of aromatic nitrogens is 3. The molecule has 2 aromatic heterocycles. The summed E-state index contributed by atoms with van der Waals surface area (Å²) in [5, 5.41) is 12.0. The Bertz CT molecular complexity index is 1020. The molecule has 0 atom stereocenters.